The van der Waals surface area contributed by atoms with Gasteiger partial charge in [0.2, 0.25) is 0 Å². The number of aryl methyl sites for hydroxylation is 1. The van der Waals surface area contributed by atoms with E-state index < -0.39 is 0 Å². The summed E-state index contributed by atoms with van der Waals surface area (Å²) < 4.78 is 0. The number of carbonyl (C=O) groups excluding carboxylic acids is 1. The first kappa shape index (κ1) is 15.8. The first-order chi connectivity index (χ1) is 12.2. The molecule has 4 rings (SSSR count). The number of rotatable bonds is 2. The van der Waals surface area contributed by atoms with E-state index in [-0.39, 0.29) is 5.91 Å². The van der Waals surface area contributed by atoms with Crippen LogP contribution in [-0.2, 0) is 0 Å². The molecule has 0 atom stereocenters. The van der Waals surface area contributed by atoms with Crippen molar-refractivity contribution in [3.63, 3.8) is 0 Å². The second-order valence-corrected chi connectivity index (χ2v) is 6.66. The van der Waals surface area contributed by atoms with Gasteiger partial charge in [-0.15, -0.1) is 0 Å². The zero-order valence-electron chi connectivity index (χ0n) is 14.4. The summed E-state index contributed by atoms with van der Waals surface area (Å²) in [6, 6.07) is 11.9. The van der Waals surface area contributed by atoms with E-state index in [4.69, 9.17) is 4.98 Å². The number of carbonyl (C=O) groups is 1. The lowest BCUT2D eigenvalue weighted by atomic mass is 10.0. The van der Waals surface area contributed by atoms with E-state index in [0.29, 0.717) is 0 Å². The van der Waals surface area contributed by atoms with Gasteiger partial charge in [-0.05, 0) is 56.5 Å². The summed E-state index contributed by atoms with van der Waals surface area (Å²) in [6.45, 7) is 3.74. The van der Waals surface area contributed by atoms with Crippen molar-refractivity contribution in [3.8, 4) is 11.3 Å². The topological polar surface area (TPSA) is 46.1 Å². The number of aromatic nitrogens is 2. The lowest BCUT2D eigenvalue weighted by molar-refractivity contribution is 0.0726. The standard InChI is InChI=1S/C21H21N3O/c1-15-5-6-19-17(13-15)18(21(25)24-11-3-2-4-12-24)14-20(23-19)16-7-9-22-10-8-16/h5-10,13-14H,2-4,11-12H2,1H3. The Morgan fingerprint density at radius 2 is 1.76 bits per heavy atom. The number of nitrogens with zero attached hydrogens (tertiary/aromatic N) is 3. The normalized spacial score (nSPS) is 14.7. The third-order valence-corrected chi connectivity index (χ3v) is 4.81. The molecule has 1 fully saturated rings. The van der Waals surface area contributed by atoms with Crippen molar-refractivity contribution >= 4 is 16.8 Å². The van der Waals surface area contributed by atoms with Gasteiger partial charge >= 0.3 is 0 Å². The molecule has 0 saturated carbocycles. The molecule has 0 radical (unpaired) electrons. The largest absolute Gasteiger partial charge is 0.339 e. The molecule has 126 valence electrons. The predicted molar refractivity (Wildman–Crippen MR) is 99.5 cm³/mol. The Kier molecular flexibility index (Phi) is 4.18. The van der Waals surface area contributed by atoms with Crippen LogP contribution in [0.25, 0.3) is 22.2 Å². The van der Waals surface area contributed by atoms with Gasteiger partial charge in [0.1, 0.15) is 0 Å². The number of likely N-dealkylation sites (tertiary alicyclic amines) is 1. The summed E-state index contributed by atoms with van der Waals surface area (Å²) in [5.74, 6) is 0.119. The fourth-order valence-corrected chi connectivity index (χ4v) is 3.45. The molecule has 1 saturated heterocycles. The molecule has 1 aliphatic heterocycles. The molecule has 0 spiro atoms. The zero-order chi connectivity index (χ0) is 17.2. The van der Waals surface area contributed by atoms with Gasteiger partial charge in [-0.3, -0.25) is 9.78 Å². The van der Waals surface area contributed by atoms with Crippen LogP contribution in [0, 0.1) is 6.92 Å². The lowest BCUT2D eigenvalue weighted by Crippen LogP contribution is -2.35. The number of pyridine rings is 2. The van der Waals surface area contributed by atoms with Gasteiger partial charge in [-0.2, -0.15) is 0 Å². The highest BCUT2D eigenvalue weighted by Crippen LogP contribution is 2.27. The van der Waals surface area contributed by atoms with Crippen LogP contribution in [0.3, 0.4) is 0 Å². The van der Waals surface area contributed by atoms with E-state index in [1.807, 2.05) is 42.2 Å². The van der Waals surface area contributed by atoms with Gasteiger partial charge in [0.15, 0.2) is 0 Å². The van der Waals surface area contributed by atoms with Gasteiger partial charge in [0, 0.05) is 36.4 Å². The van der Waals surface area contributed by atoms with Crippen molar-refractivity contribution in [3.05, 3.63) is 59.9 Å². The molecule has 4 nitrogen and oxygen atoms in total. The highest BCUT2D eigenvalue weighted by atomic mass is 16.2. The molecule has 1 amide bonds. The van der Waals surface area contributed by atoms with Crippen LogP contribution < -0.4 is 0 Å². The molecular weight excluding hydrogens is 310 g/mol. The van der Waals surface area contributed by atoms with Gasteiger partial charge in [0.25, 0.3) is 5.91 Å². The average molecular weight is 331 g/mol. The maximum atomic E-state index is 13.2. The quantitative estimate of drug-likeness (QED) is 0.706. The van der Waals surface area contributed by atoms with Crippen molar-refractivity contribution in [2.45, 2.75) is 26.2 Å². The molecule has 2 aromatic heterocycles. The van der Waals surface area contributed by atoms with Gasteiger partial charge in [-0.25, -0.2) is 4.98 Å². The Labute approximate surface area is 147 Å². The van der Waals surface area contributed by atoms with Crippen LogP contribution in [0.5, 0.6) is 0 Å². The molecule has 0 aliphatic carbocycles. The Bertz CT molecular complexity index is 915. The van der Waals surface area contributed by atoms with E-state index in [1.165, 1.54) is 6.42 Å². The average Bonchev–Trinajstić information content (AvgIpc) is 2.68. The number of piperidine rings is 1. The minimum atomic E-state index is 0.119. The molecule has 1 aromatic carbocycles. The third kappa shape index (κ3) is 3.12. The summed E-state index contributed by atoms with van der Waals surface area (Å²) in [7, 11) is 0. The molecule has 25 heavy (non-hydrogen) atoms. The van der Waals surface area contributed by atoms with Crippen LogP contribution in [0.1, 0.15) is 35.2 Å². The Hall–Kier alpha value is -2.75. The van der Waals surface area contributed by atoms with Gasteiger partial charge in [0.05, 0.1) is 16.8 Å². The van der Waals surface area contributed by atoms with Crippen LogP contribution >= 0.6 is 0 Å². The molecular formula is C21H21N3O. The molecule has 4 heteroatoms. The number of hydrogen-bond donors (Lipinski definition) is 0. The number of hydrogen-bond acceptors (Lipinski definition) is 3. The van der Waals surface area contributed by atoms with E-state index in [0.717, 1.165) is 59.2 Å². The second kappa shape index (κ2) is 6.63. The second-order valence-electron chi connectivity index (χ2n) is 6.66. The smallest absolute Gasteiger partial charge is 0.254 e. The molecule has 0 N–H and O–H groups in total. The summed E-state index contributed by atoms with van der Waals surface area (Å²) in [6.07, 6.45) is 6.89. The van der Waals surface area contributed by atoms with Crippen LogP contribution in [0.4, 0.5) is 0 Å². The van der Waals surface area contributed by atoms with Crippen molar-refractivity contribution in [2.75, 3.05) is 13.1 Å². The van der Waals surface area contributed by atoms with Crippen LogP contribution in [0.2, 0.25) is 0 Å². The molecule has 1 aliphatic rings. The maximum absolute atomic E-state index is 13.2. The van der Waals surface area contributed by atoms with E-state index in [1.54, 1.807) is 12.4 Å². The zero-order valence-corrected chi connectivity index (χ0v) is 14.4. The van der Waals surface area contributed by atoms with Crippen molar-refractivity contribution < 1.29 is 4.79 Å². The van der Waals surface area contributed by atoms with Crippen molar-refractivity contribution in [1.29, 1.82) is 0 Å². The molecule has 0 bridgehead atoms. The summed E-state index contributed by atoms with van der Waals surface area (Å²) in [4.78, 5) is 24.0. The SMILES string of the molecule is Cc1ccc2nc(-c3ccncc3)cc(C(=O)N3CCCCC3)c2c1. The molecule has 3 heterocycles. The minimum Gasteiger partial charge on any atom is -0.339 e. The Balaban J connectivity index is 1.87. The van der Waals surface area contributed by atoms with Crippen molar-refractivity contribution in [2.24, 2.45) is 0 Å². The van der Waals surface area contributed by atoms with E-state index in [9.17, 15) is 4.79 Å². The summed E-state index contributed by atoms with van der Waals surface area (Å²) in [5.41, 5.74) is 4.55. The van der Waals surface area contributed by atoms with Crippen molar-refractivity contribution in [1.82, 2.24) is 14.9 Å². The monoisotopic (exact) mass is 331 g/mol. The van der Waals surface area contributed by atoms with Crippen LogP contribution in [0.15, 0.2) is 48.8 Å². The van der Waals surface area contributed by atoms with Gasteiger partial charge < -0.3 is 4.90 Å². The van der Waals surface area contributed by atoms with Crippen LogP contribution in [-0.4, -0.2) is 33.9 Å². The maximum Gasteiger partial charge on any atom is 0.254 e. The summed E-state index contributed by atoms with van der Waals surface area (Å²) >= 11 is 0. The first-order valence-electron chi connectivity index (χ1n) is 8.83. The highest BCUT2D eigenvalue weighted by molar-refractivity contribution is 6.07. The number of benzene rings is 1. The lowest BCUT2D eigenvalue weighted by Gasteiger charge is -2.27. The molecule has 0 unspecified atom stereocenters. The fraction of sp³-hybridized carbons (Fsp3) is 0.286. The minimum absolute atomic E-state index is 0.119. The Morgan fingerprint density at radius 1 is 1.00 bits per heavy atom. The predicted octanol–water partition coefficient (Wildman–Crippen LogP) is 4.23. The van der Waals surface area contributed by atoms with E-state index in [2.05, 4.69) is 11.1 Å². The molecule has 3 aromatic rings. The number of fused-ring (bicyclic) bond motifs is 1. The highest BCUT2D eigenvalue weighted by Gasteiger charge is 2.21. The fourth-order valence-electron chi connectivity index (χ4n) is 3.45. The number of amides is 1. The Morgan fingerprint density at radius 3 is 2.52 bits per heavy atom. The van der Waals surface area contributed by atoms with Gasteiger partial charge in [-0.1, -0.05) is 11.6 Å². The first-order valence-corrected chi connectivity index (χ1v) is 8.83. The third-order valence-electron chi connectivity index (χ3n) is 4.81. The summed E-state index contributed by atoms with van der Waals surface area (Å²) in [5, 5.41) is 0.938. The van der Waals surface area contributed by atoms with E-state index >= 15 is 0 Å².